The summed E-state index contributed by atoms with van der Waals surface area (Å²) in [5.74, 6) is 0. The molecule has 0 radical (unpaired) electrons. The Bertz CT molecular complexity index is 712. The van der Waals surface area contributed by atoms with Gasteiger partial charge in [0.15, 0.2) is 0 Å². The molecule has 0 aliphatic carbocycles. The Morgan fingerprint density at radius 3 is 2.63 bits per heavy atom. The average Bonchev–Trinajstić information content (AvgIpc) is 2.85. The number of hydrogen-bond donors (Lipinski definition) is 2. The molecule has 4 nitrogen and oxygen atoms in total. The smallest absolute Gasteiger partial charge is 0.271 e. The van der Waals surface area contributed by atoms with Crippen molar-refractivity contribution < 1.29 is 8.42 Å². The SMILES string of the molecule is NC(=S)c1ccc(NS(=O)(=O)c2cccs2)c(Br)c1. The molecule has 3 N–H and O–H groups in total. The summed E-state index contributed by atoms with van der Waals surface area (Å²) in [5, 5.41) is 1.71. The summed E-state index contributed by atoms with van der Waals surface area (Å²) in [6.07, 6.45) is 0. The molecule has 2 rings (SSSR count). The summed E-state index contributed by atoms with van der Waals surface area (Å²) in [7, 11) is -3.55. The maximum absolute atomic E-state index is 12.1. The molecule has 0 aliphatic rings. The minimum absolute atomic E-state index is 0.258. The fraction of sp³-hybridized carbons (Fsp3) is 0. The first-order valence-electron chi connectivity index (χ1n) is 5.06. The second-order valence-corrected chi connectivity index (χ2v) is 7.75. The van der Waals surface area contributed by atoms with Crippen LogP contribution in [0, 0.1) is 0 Å². The molecule has 2 aromatic rings. The van der Waals surface area contributed by atoms with Gasteiger partial charge in [0.1, 0.15) is 9.20 Å². The highest BCUT2D eigenvalue weighted by Gasteiger charge is 2.16. The first-order chi connectivity index (χ1) is 8.90. The third-order valence-electron chi connectivity index (χ3n) is 2.26. The van der Waals surface area contributed by atoms with Crippen LogP contribution in [0.5, 0.6) is 0 Å². The van der Waals surface area contributed by atoms with Crippen molar-refractivity contribution in [2.24, 2.45) is 5.73 Å². The molecule has 19 heavy (non-hydrogen) atoms. The van der Waals surface area contributed by atoms with Gasteiger partial charge in [-0.25, -0.2) is 8.42 Å². The maximum atomic E-state index is 12.1. The number of nitrogens with one attached hydrogen (secondary N) is 1. The Kier molecular flexibility index (Phi) is 4.24. The number of nitrogens with two attached hydrogens (primary N) is 1. The molecule has 0 fully saturated rings. The lowest BCUT2D eigenvalue weighted by Crippen LogP contribution is -2.13. The molecule has 1 aromatic carbocycles. The number of thiophene rings is 1. The molecular formula is C11H9BrN2O2S3. The lowest BCUT2D eigenvalue weighted by atomic mass is 10.2. The molecule has 1 heterocycles. The average molecular weight is 377 g/mol. The van der Waals surface area contributed by atoms with Gasteiger partial charge in [0, 0.05) is 10.0 Å². The van der Waals surface area contributed by atoms with Gasteiger partial charge in [-0.3, -0.25) is 4.72 Å². The molecule has 0 aliphatic heterocycles. The van der Waals surface area contributed by atoms with E-state index in [4.69, 9.17) is 18.0 Å². The molecule has 0 saturated heterocycles. The van der Waals surface area contributed by atoms with Gasteiger partial charge in [-0.05, 0) is 45.6 Å². The van der Waals surface area contributed by atoms with Crippen molar-refractivity contribution in [1.29, 1.82) is 0 Å². The van der Waals surface area contributed by atoms with E-state index in [1.54, 1.807) is 35.7 Å². The van der Waals surface area contributed by atoms with Crippen LogP contribution in [0.2, 0.25) is 0 Å². The molecule has 1 aromatic heterocycles. The van der Waals surface area contributed by atoms with Gasteiger partial charge in [-0.2, -0.15) is 0 Å². The van der Waals surface area contributed by atoms with Crippen LogP contribution >= 0.6 is 39.5 Å². The molecule has 0 unspecified atom stereocenters. The molecular weight excluding hydrogens is 368 g/mol. The van der Waals surface area contributed by atoms with Crippen molar-refractivity contribution in [2.75, 3.05) is 4.72 Å². The standard InChI is InChI=1S/C11H9BrN2O2S3/c12-8-6-7(11(13)17)3-4-9(8)14-19(15,16)10-2-1-5-18-10/h1-6,14H,(H2,13,17). The Labute approximate surface area is 128 Å². The zero-order valence-electron chi connectivity index (χ0n) is 9.46. The molecule has 0 saturated carbocycles. The number of hydrogen-bond acceptors (Lipinski definition) is 4. The lowest BCUT2D eigenvalue weighted by Gasteiger charge is -2.09. The molecule has 0 atom stereocenters. The Morgan fingerprint density at radius 2 is 2.11 bits per heavy atom. The van der Waals surface area contributed by atoms with E-state index in [9.17, 15) is 8.42 Å². The van der Waals surface area contributed by atoms with Crippen molar-refractivity contribution in [1.82, 2.24) is 0 Å². The third-order valence-corrected chi connectivity index (χ3v) is 5.91. The maximum Gasteiger partial charge on any atom is 0.271 e. The van der Waals surface area contributed by atoms with Gasteiger partial charge in [-0.1, -0.05) is 18.3 Å². The van der Waals surface area contributed by atoms with Crippen LogP contribution < -0.4 is 10.5 Å². The number of anilines is 1. The molecule has 8 heteroatoms. The predicted octanol–water partition coefficient (Wildman–Crippen LogP) is 2.95. The zero-order valence-corrected chi connectivity index (χ0v) is 13.5. The third kappa shape index (κ3) is 3.33. The van der Waals surface area contributed by atoms with Gasteiger partial charge in [-0.15, -0.1) is 11.3 Å². The minimum atomic E-state index is -3.55. The van der Waals surface area contributed by atoms with Crippen LogP contribution in [0.15, 0.2) is 44.4 Å². The topological polar surface area (TPSA) is 72.2 Å². The fourth-order valence-corrected chi connectivity index (χ4v) is 4.17. The van der Waals surface area contributed by atoms with Crippen LogP contribution in [0.1, 0.15) is 5.56 Å². The van der Waals surface area contributed by atoms with Crippen LogP contribution in [-0.4, -0.2) is 13.4 Å². The van der Waals surface area contributed by atoms with E-state index in [0.717, 1.165) is 11.3 Å². The number of sulfonamides is 1. The van der Waals surface area contributed by atoms with Crippen LogP contribution in [0.3, 0.4) is 0 Å². The normalized spacial score (nSPS) is 11.2. The molecule has 0 spiro atoms. The largest absolute Gasteiger partial charge is 0.389 e. The number of thiocarbonyl (C=S) groups is 1. The fourth-order valence-electron chi connectivity index (χ4n) is 1.36. The summed E-state index contributed by atoms with van der Waals surface area (Å²) in [4.78, 5) is 0.258. The second kappa shape index (κ2) is 5.58. The van der Waals surface area contributed by atoms with Crippen molar-refractivity contribution in [2.45, 2.75) is 4.21 Å². The minimum Gasteiger partial charge on any atom is -0.389 e. The van der Waals surface area contributed by atoms with Gasteiger partial charge in [0.05, 0.1) is 5.69 Å². The highest BCUT2D eigenvalue weighted by molar-refractivity contribution is 9.10. The van der Waals surface area contributed by atoms with Crippen LogP contribution in [0.4, 0.5) is 5.69 Å². The highest BCUT2D eigenvalue weighted by atomic mass is 79.9. The van der Waals surface area contributed by atoms with E-state index in [0.29, 0.717) is 15.7 Å². The van der Waals surface area contributed by atoms with E-state index in [1.165, 1.54) is 0 Å². The van der Waals surface area contributed by atoms with Gasteiger partial charge < -0.3 is 5.73 Å². The van der Waals surface area contributed by atoms with Gasteiger partial charge in [0.25, 0.3) is 10.0 Å². The van der Waals surface area contributed by atoms with E-state index in [1.807, 2.05) is 0 Å². The Balaban J connectivity index is 2.32. The van der Waals surface area contributed by atoms with Gasteiger partial charge >= 0.3 is 0 Å². The Morgan fingerprint density at radius 1 is 1.37 bits per heavy atom. The van der Waals surface area contributed by atoms with E-state index in [2.05, 4.69) is 20.7 Å². The molecule has 100 valence electrons. The number of rotatable bonds is 4. The predicted molar refractivity (Wildman–Crippen MR) is 85.2 cm³/mol. The monoisotopic (exact) mass is 376 g/mol. The van der Waals surface area contributed by atoms with Crippen LogP contribution in [-0.2, 0) is 10.0 Å². The second-order valence-electron chi connectivity index (χ2n) is 3.60. The first kappa shape index (κ1) is 14.4. The van der Waals surface area contributed by atoms with Gasteiger partial charge in [0.2, 0.25) is 0 Å². The highest BCUT2D eigenvalue weighted by Crippen LogP contribution is 2.27. The van der Waals surface area contributed by atoms with Crippen molar-refractivity contribution in [3.05, 3.63) is 45.7 Å². The summed E-state index contributed by atoms with van der Waals surface area (Å²) < 4.78 is 27.5. The van der Waals surface area contributed by atoms with Crippen LogP contribution in [0.25, 0.3) is 0 Å². The van der Waals surface area contributed by atoms with E-state index in [-0.39, 0.29) is 9.20 Å². The summed E-state index contributed by atoms with van der Waals surface area (Å²) >= 11 is 9.31. The number of halogens is 1. The van der Waals surface area contributed by atoms with E-state index >= 15 is 0 Å². The van der Waals surface area contributed by atoms with E-state index < -0.39 is 10.0 Å². The zero-order chi connectivity index (χ0) is 14.0. The summed E-state index contributed by atoms with van der Waals surface area (Å²) in [6, 6.07) is 8.19. The first-order valence-corrected chi connectivity index (χ1v) is 8.62. The summed E-state index contributed by atoms with van der Waals surface area (Å²) in [6.45, 7) is 0. The molecule has 0 amide bonds. The lowest BCUT2D eigenvalue weighted by molar-refractivity contribution is 0.603. The van der Waals surface area contributed by atoms with Crippen molar-refractivity contribution >= 4 is 60.2 Å². The molecule has 0 bridgehead atoms. The van der Waals surface area contributed by atoms with Crippen molar-refractivity contribution in [3.63, 3.8) is 0 Å². The number of benzene rings is 1. The van der Waals surface area contributed by atoms with Crippen molar-refractivity contribution in [3.8, 4) is 0 Å². The quantitative estimate of drug-likeness (QED) is 0.804. The Hall–Kier alpha value is -0.960. The summed E-state index contributed by atoms with van der Waals surface area (Å²) in [5.41, 5.74) is 6.62.